The molecular formula is C15H24N2O5. The average Bonchev–Trinajstić information content (AvgIpc) is 2.91. The van der Waals surface area contributed by atoms with Gasteiger partial charge in [-0.2, -0.15) is 0 Å². The number of hydrogen-bond acceptors (Lipinski definition) is 5. The fourth-order valence-corrected chi connectivity index (χ4v) is 3.09. The van der Waals surface area contributed by atoms with Gasteiger partial charge in [-0.05, 0) is 40.5 Å². The highest BCUT2D eigenvalue weighted by molar-refractivity contribution is 5.88. The van der Waals surface area contributed by atoms with Crippen molar-refractivity contribution in [3.63, 3.8) is 0 Å². The zero-order valence-electron chi connectivity index (χ0n) is 13.5. The molecule has 2 aliphatic heterocycles. The van der Waals surface area contributed by atoms with Crippen molar-refractivity contribution in [2.45, 2.75) is 70.7 Å². The summed E-state index contributed by atoms with van der Waals surface area (Å²) in [7, 11) is 0. The normalized spacial score (nSPS) is 27.5. The molecule has 2 aliphatic rings. The van der Waals surface area contributed by atoms with E-state index < -0.39 is 17.7 Å². The Morgan fingerprint density at radius 3 is 2.59 bits per heavy atom. The monoisotopic (exact) mass is 312 g/mol. The summed E-state index contributed by atoms with van der Waals surface area (Å²) in [6.07, 6.45) is 0.907. The Bertz CT molecular complexity index is 471. The van der Waals surface area contributed by atoms with Crippen LogP contribution in [-0.2, 0) is 19.1 Å². The Morgan fingerprint density at radius 2 is 2.00 bits per heavy atom. The van der Waals surface area contributed by atoms with Gasteiger partial charge in [-0.25, -0.2) is 9.59 Å². The summed E-state index contributed by atoms with van der Waals surface area (Å²) in [5, 5.41) is 2.71. The van der Waals surface area contributed by atoms with E-state index in [9.17, 15) is 14.4 Å². The Balaban J connectivity index is 2.02. The quantitative estimate of drug-likeness (QED) is 0.792. The van der Waals surface area contributed by atoms with E-state index in [1.54, 1.807) is 32.6 Å². The summed E-state index contributed by atoms with van der Waals surface area (Å²) in [5.74, 6) is -0.500. The highest BCUT2D eigenvalue weighted by Crippen LogP contribution is 2.35. The summed E-state index contributed by atoms with van der Waals surface area (Å²) in [4.78, 5) is 37.6. The predicted molar refractivity (Wildman–Crippen MR) is 78.1 cm³/mol. The Hall–Kier alpha value is -1.79. The maximum absolute atomic E-state index is 12.3. The van der Waals surface area contributed by atoms with Crippen molar-refractivity contribution in [2.75, 3.05) is 6.61 Å². The van der Waals surface area contributed by atoms with Crippen LogP contribution in [0.2, 0.25) is 0 Å². The third kappa shape index (κ3) is 3.51. The van der Waals surface area contributed by atoms with Crippen molar-refractivity contribution in [1.82, 2.24) is 10.2 Å². The van der Waals surface area contributed by atoms with Crippen molar-refractivity contribution in [1.29, 1.82) is 0 Å². The molecule has 2 heterocycles. The van der Waals surface area contributed by atoms with Crippen molar-refractivity contribution >= 4 is 18.0 Å². The van der Waals surface area contributed by atoms with Crippen LogP contribution < -0.4 is 5.32 Å². The molecule has 0 spiro atoms. The van der Waals surface area contributed by atoms with Gasteiger partial charge in [0.1, 0.15) is 11.6 Å². The van der Waals surface area contributed by atoms with Crippen LogP contribution in [0.1, 0.15) is 47.0 Å². The number of nitrogens with one attached hydrogen (secondary N) is 1. The molecule has 2 fully saturated rings. The number of carbonyl (C=O) groups excluding carboxylic acids is 3. The average molecular weight is 312 g/mol. The number of nitrogens with zero attached hydrogens (tertiary/aromatic N) is 1. The first-order chi connectivity index (χ1) is 10.2. The number of esters is 1. The zero-order chi connectivity index (χ0) is 16.5. The standard InChI is InChI=1S/C15H24N2O5/c1-5-21-14(20)16-9-8-12(18)17-10(9)6-7-11(17)13(19)22-15(2,3)4/h9-11H,5-8H2,1-4H3,(H,16,20)/t9-,10-,11-/m0/s1. The lowest BCUT2D eigenvalue weighted by Gasteiger charge is -2.27. The first kappa shape index (κ1) is 16.6. The van der Waals surface area contributed by atoms with Crippen molar-refractivity contribution < 1.29 is 23.9 Å². The Labute approximate surface area is 130 Å². The topological polar surface area (TPSA) is 84.9 Å². The van der Waals surface area contributed by atoms with Crippen molar-refractivity contribution in [3.05, 3.63) is 0 Å². The lowest BCUT2D eigenvalue weighted by atomic mass is 10.1. The van der Waals surface area contributed by atoms with E-state index >= 15 is 0 Å². The Kier molecular flexibility index (Phi) is 4.63. The van der Waals surface area contributed by atoms with Gasteiger partial charge in [0, 0.05) is 6.42 Å². The molecule has 0 saturated carbocycles. The van der Waals surface area contributed by atoms with Crippen LogP contribution in [0, 0.1) is 0 Å². The first-order valence-electron chi connectivity index (χ1n) is 7.70. The van der Waals surface area contributed by atoms with Crippen LogP contribution >= 0.6 is 0 Å². The number of carbonyl (C=O) groups is 3. The molecule has 0 radical (unpaired) electrons. The minimum Gasteiger partial charge on any atom is -0.458 e. The number of fused-ring (bicyclic) bond motifs is 1. The first-order valence-corrected chi connectivity index (χ1v) is 7.70. The molecule has 0 aromatic carbocycles. The maximum Gasteiger partial charge on any atom is 0.407 e. The van der Waals surface area contributed by atoms with Crippen LogP contribution in [0.3, 0.4) is 0 Å². The molecule has 7 heteroatoms. The molecule has 0 aliphatic carbocycles. The van der Waals surface area contributed by atoms with E-state index in [2.05, 4.69) is 5.32 Å². The summed E-state index contributed by atoms with van der Waals surface area (Å²) in [6, 6.07) is -1.01. The van der Waals surface area contributed by atoms with Gasteiger partial charge in [0.15, 0.2) is 0 Å². The van der Waals surface area contributed by atoms with Crippen LogP contribution in [0.25, 0.3) is 0 Å². The minimum atomic E-state index is -0.583. The van der Waals surface area contributed by atoms with Gasteiger partial charge in [0.25, 0.3) is 0 Å². The number of ether oxygens (including phenoxy) is 2. The molecule has 0 aromatic rings. The maximum atomic E-state index is 12.3. The van der Waals surface area contributed by atoms with E-state index in [-0.39, 0.29) is 37.0 Å². The number of amides is 2. The van der Waals surface area contributed by atoms with Crippen LogP contribution in [-0.4, -0.2) is 53.2 Å². The molecule has 22 heavy (non-hydrogen) atoms. The second kappa shape index (κ2) is 6.14. The SMILES string of the molecule is CCOC(=O)N[C@H]1CC(=O)N2[C@H](C(=O)OC(C)(C)C)CC[C@@H]12. The molecule has 124 valence electrons. The van der Waals surface area contributed by atoms with Crippen LogP contribution in [0.4, 0.5) is 4.79 Å². The third-order valence-electron chi connectivity index (χ3n) is 3.83. The van der Waals surface area contributed by atoms with Gasteiger partial charge in [-0.3, -0.25) is 4.79 Å². The van der Waals surface area contributed by atoms with E-state index in [1.165, 1.54) is 0 Å². The summed E-state index contributed by atoms with van der Waals surface area (Å²) in [5.41, 5.74) is -0.583. The molecule has 0 aromatic heterocycles. The largest absolute Gasteiger partial charge is 0.458 e. The molecule has 0 bridgehead atoms. The highest BCUT2D eigenvalue weighted by Gasteiger charge is 2.51. The summed E-state index contributed by atoms with van der Waals surface area (Å²) >= 11 is 0. The van der Waals surface area contributed by atoms with E-state index in [4.69, 9.17) is 9.47 Å². The van der Waals surface area contributed by atoms with Gasteiger partial charge >= 0.3 is 12.1 Å². The van der Waals surface area contributed by atoms with Crippen LogP contribution in [0.15, 0.2) is 0 Å². The van der Waals surface area contributed by atoms with Crippen molar-refractivity contribution in [3.8, 4) is 0 Å². The fourth-order valence-electron chi connectivity index (χ4n) is 3.09. The molecular weight excluding hydrogens is 288 g/mol. The third-order valence-corrected chi connectivity index (χ3v) is 3.83. The molecule has 3 atom stereocenters. The van der Waals surface area contributed by atoms with Gasteiger partial charge in [-0.15, -0.1) is 0 Å². The summed E-state index contributed by atoms with van der Waals surface area (Å²) < 4.78 is 10.2. The molecule has 0 unspecified atom stereocenters. The molecule has 2 saturated heterocycles. The van der Waals surface area contributed by atoms with Gasteiger partial charge in [0.05, 0.1) is 18.7 Å². The van der Waals surface area contributed by atoms with Gasteiger partial charge in [0.2, 0.25) is 5.91 Å². The van der Waals surface area contributed by atoms with E-state index in [0.29, 0.717) is 12.8 Å². The second-order valence-electron chi connectivity index (χ2n) is 6.67. The number of hydrogen-bond donors (Lipinski definition) is 1. The Morgan fingerprint density at radius 1 is 1.32 bits per heavy atom. The van der Waals surface area contributed by atoms with Crippen molar-refractivity contribution in [2.24, 2.45) is 0 Å². The van der Waals surface area contributed by atoms with E-state index in [1.807, 2.05) is 0 Å². The van der Waals surface area contributed by atoms with Gasteiger partial charge in [-0.1, -0.05) is 0 Å². The van der Waals surface area contributed by atoms with Gasteiger partial charge < -0.3 is 19.7 Å². The molecule has 7 nitrogen and oxygen atoms in total. The molecule has 2 rings (SSSR count). The lowest BCUT2D eigenvalue weighted by Crippen LogP contribution is -2.47. The number of rotatable bonds is 3. The smallest absolute Gasteiger partial charge is 0.407 e. The highest BCUT2D eigenvalue weighted by atomic mass is 16.6. The van der Waals surface area contributed by atoms with Crippen LogP contribution in [0.5, 0.6) is 0 Å². The molecule has 2 amide bonds. The second-order valence-corrected chi connectivity index (χ2v) is 6.67. The van der Waals surface area contributed by atoms with E-state index in [0.717, 1.165) is 0 Å². The predicted octanol–water partition coefficient (Wildman–Crippen LogP) is 1.21. The lowest BCUT2D eigenvalue weighted by molar-refractivity contribution is -0.163. The minimum absolute atomic E-state index is 0.125. The number of alkyl carbamates (subject to hydrolysis) is 1. The summed E-state index contributed by atoms with van der Waals surface area (Å²) in [6.45, 7) is 7.40. The molecule has 1 N–H and O–H groups in total. The zero-order valence-corrected chi connectivity index (χ0v) is 13.5. The fraction of sp³-hybridized carbons (Fsp3) is 0.800.